The van der Waals surface area contributed by atoms with Crippen LogP contribution in [0, 0.1) is 0 Å². The first-order valence-corrected chi connectivity index (χ1v) is 37.5. The van der Waals surface area contributed by atoms with E-state index in [-0.39, 0.29) is 54.7 Å². The maximum atomic E-state index is 13.4. The molecule has 12 rings (SSSR count). The van der Waals surface area contributed by atoms with Gasteiger partial charge < -0.3 is 59.8 Å². The van der Waals surface area contributed by atoms with E-state index in [0.717, 1.165) is 106 Å². The highest BCUT2D eigenvalue weighted by Gasteiger charge is 2.34. The van der Waals surface area contributed by atoms with E-state index in [0.29, 0.717) is 73.6 Å². The fourth-order valence-electron chi connectivity index (χ4n) is 13.5. The Morgan fingerprint density at radius 2 is 0.648 bits per heavy atom. The highest BCUT2D eigenvalue weighted by molar-refractivity contribution is 6.31. The summed E-state index contributed by atoms with van der Waals surface area (Å²) in [5.74, 6) is 3.30. The molecule has 0 spiro atoms. The molecular weight excluding hydrogens is 1390 g/mol. The smallest absolute Gasteiger partial charge is 0.407 e. The maximum absolute atomic E-state index is 13.4. The van der Waals surface area contributed by atoms with Crippen molar-refractivity contribution in [2.45, 2.75) is 192 Å². The van der Waals surface area contributed by atoms with E-state index in [2.05, 4.69) is 30.9 Å². The number of alkyl carbamates (subject to hydrolysis) is 3. The Balaban J connectivity index is 0.000000169. The number of imidazole rings is 3. The van der Waals surface area contributed by atoms with Gasteiger partial charge >= 0.3 is 18.3 Å². The van der Waals surface area contributed by atoms with Gasteiger partial charge in [0.25, 0.3) is 0 Å². The topological polar surface area (TPSA) is 262 Å². The number of piperidine rings is 3. The minimum absolute atomic E-state index is 0.0147. The molecular formula is C81H99Cl3N12O9. The van der Waals surface area contributed by atoms with E-state index in [1.54, 1.807) is 0 Å². The number of carbonyl (C=O) groups is 6. The highest BCUT2D eigenvalue weighted by Crippen LogP contribution is 2.32. The lowest BCUT2D eigenvalue weighted by Crippen LogP contribution is -2.45. The third-order valence-electron chi connectivity index (χ3n) is 18.3. The van der Waals surface area contributed by atoms with Crippen LogP contribution in [0.2, 0.25) is 15.1 Å². The number of rotatable bonds is 18. The van der Waals surface area contributed by atoms with E-state index in [1.807, 2.05) is 223 Å². The van der Waals surface area contributed by atoms with Gasteiger partial charge in [0.1, 0.15) is 34.3 Å². The number of ether oxygens (including phenoxy) is 3. The summed E-state index contributed by atoms with van der Waals surface area (Å²) in [4.78, 5) is 108. The number of para-hydroxylation sites is 6. The maximum Gasteiger partial charge on any atom is 0.407 e. The first-order chi connectivity index (χ1) is 50.0. The molecule has 6 N–H and O–H groups in total. The Bertz CT molecular complexity index is 3850. The van der Waals surface area contributed by atoms with Crippen LogP contribution in [0.3, 0.4) is 0 Å². The van der Waals surface area contributed by atoms with Crippen LogP contribution in [-0.4, -0.2) is 155 Å². The van der Waals surface area contributed by atoms with Crippen LogP contribution in [0.1, 0.15) is 172 Å². The number of carbonyl (C=O) groups excluding carboxylic acids is 6. The van der Waals surface area contributed by atoms with Gasteiger partial charge in [0.05, 0.1) is 33.1 Å². The number of hydrogen-bond donors (Lipinski definition) is 6. The molecule has 3 aliphatic heterocycles. The summed E-state index contributed by atoms with van der Waals surface area (Å²) in [6.45, 7) is 20.3. The van der Waals surface area contributed by atoms with Gasteiger partial charge in [0.15, 0.2) is 0 Å². The number of likely N-dealkylation sites (tertiary alicyclic amines) is 3. The molecule has 6 atom stereocenters. The monoisotopic (exact) mass is 1490 g/mol. The molecule has 9 aromatic rings. The summed E-state index contributed by atoms with van der Waals surface area (Å²) in [6.07, 6.45) is 6.18. The summed E-state index contributed by atoms with van der Waals surface area (Å²) in [7, 11) is 0. The molecule has 3 saturated heterocycles. The van der Waals surface area contributed by atoms with Crippen molar-refractivity contribution in [2.75, 3.05) is 39.3 Å². The lowest BCUT2D eigenvalue weighted by atomic mass is 9.96. The third-order valence-corrected chi connectivity index (χ3v) is 19.1. The second-order valence-electron chi connectivity index (χ2n) is 30.6. The quantitative estimate of drug-likeness (QED) is 0.0438. The van der Waals surface area contributed by atoms with Gasteiger partial charge in [-0.3, -0.25) is 14.4 Å². The van der Waals surface area contributed by atoms with Crippen molar-refractivity contribution >= 4 is 104 Å². The average Bonchev–Trinajstić information content (AvgIpc) is 1.68. The summed E-state index contributed by atoms with van der Waals surface area (Å²) < 4.78 is 16.3. The number of H-pyrrole nitrogens is 3. The van der Waals surface area contributed by atoms with Crippen molar-refractivity contribution in [1.82, 2.24) is 60.6 Å². The normalized spacial score (nSPS) is 17.3. The first-order valence-electron chi connectivity index (χ1n) is 36.4. The SMILES string of the molecule is CC(C)(C)OC(=O)N[C@@H](CC(=O)N1CCCC(c2nc3ccccc3[nH]2)C1)Cc1ccc(Cl)cc1.CC(C)(C)OC(=O)N[C@@H](CC(=O)N1CCC[C@@H](c2nc3ccccc3[nH]2)C1)Cc1ccc(Cl)cc1.CC(C)(C)OC(=O)N[C@@H](CC(=O)N1CCC[C@H](c2nc3ccccc3[nH]2)C1)Cc1ccc(Cl)cc1. The van der Waals surface area contributed by atoms with Gasteiger partial charge in [-0.15, -0.1) is 0 Å². The number of hydrogen-bond acceptors (Lipinski definition) is 12. The largest absolute Gasteiger partial charge is 0.444 e. The van der Waals surface area contributed by atoms with E-state index >= 15 is 0 Å². The van der Waals surface area contributed by atoms with Crippen molar-refractivity contribution in [3.05, 3.63) is 195 Å². The number of fused-ring (bicyclic) bond motifs is 3. The molecule has 3 aromatic heterocycles. The van der Waals surface area contributed by atoms with Crippen molar-refractivity contribution < 1.29 is 43.0 Å². The molecule has 6 heterocycles. The molecule has 0 bridgehead atoms. The Morgan fingerprint density at radius 3 is 0.886 bits per heavy atom. The van der Waals surface area contributed by atoms with Crippen molar-refractivity contribution in [2.24, 2.45) is 0 Å². The lowest BCUT2D eigenvalue weighted by molar-refractivity contribution is -0.133. The molecule has 3 fully saturated rings. The number of nitrogens with zero attached hydrogens (tertiary/aromatic N) is 6. The summed E-state index contributed by atoms with van der Waals surface area (Å²) in [5.41, 5.74) is 6.96. The molecule has 558 valence electrons. The zero-order valence-corrected chi connectivity index (χ0v) is 63.8. The summed E-state index contributed by atoms with van der Waals surface area (Å²) in [6, 6.07) is 45.0. The third kappa shape index (κ3) is 24.4. The molecule has 0 radical (unpaired) electrons. The van der Waals surface area contributed by atoms with Crippen LogP contribution in [0.5, 0.6) is 0 Å². The molecule has 24 heteroatoms. The van der Waals surface area contributed by atoms with E-state index in [4.69, 9.17) is 64.0 Å². The van der Waals surface area contributed by atoms with Gasteiger partial charge in [-0.1, -0.05) is 108 Å². The summed E-state index contributed by atoms with van der Waals surface area (Å²) >= 11 is 18.1. The zero-order chi connectivity index (χ0) is 75.0. The predicted molar refractivity (Wildman–Crippen MR) is 413 cm³/mol. The van der Waals surface area contributed by atoms with Gasteiger partial charge in [-0.05, 0) is 210 Å². The Morgan fingerprint density at radius 1 is 0.400 bits per heavy atom. The Kier molecular flexibility index (Phi) is 26.7. The van der Waals surface area contributed by atoms with Crippen LogP contribution >= 0.6 is 34.8 Å². The molecule has 1 unspecified atom stereocenters. The zero-order valence-electron chi connectivity index (χ0n) is 61.5. The van der Waals surface area contributed by atoms with Crippen LogP contribution in [0.15, 0.2) is 146 Å². The fraction of sp³-hybridized carbons (Fsp3) is 0.444. The fourth-order valence-corrected chi connectivity index (χ4v) is 13.8. The standard InChI is InChI=1S/3C27H33ClN4O3/c3*1-27(2,3)35-26(34)29-21(15-18-10-12-20(28)13-11-18)16-24(33)32-14-6-7-19(17-32)25-30-22-8-4-5-9-23(22)31-25/h3*4-5,8-13,19,21H,6-7,14-17H2,1-3H3,(H,29,34)(H,30,31)/t19?,21-;19-,21+;19-,21-/m101/s1. The minimum atomic E-state index is -0.619. The van der Waals surface area contributed by atoms with E-state index in [1.165, 1.54) is 0 Å². The predicted octanol–water partition coefficient (Wildman–Crippen LogP) is 16.3. The van der Waals surface area contributed by atoms with Gasteiger partial charge in [0.2, 0.25) is 17.7 Å². The molecule has 6 aromatic carbocycles. The average molecular weight is 1490 g/mol. The van der Waals surface area contributed by atoms with E-state index in [9.17, 15) is 28.8 Å². The highest BCUT2D eigenvalue weighted by atomic mass is 35.5. The van der Waals surface area contributed by atoms with Crippen LogP contribution in [0.4, 0.5) is 14.4 Å². The van der Waals surface area contributed by atoms with Crippen molar-refractivity contribution in [3.8, 4) is 0 Å². The van der Waals surface area contributed by atoms with Crippen LogP contribution < -0.4 is 16.0 Å². The van der Waals surface area contributed by atoms with Gasteiger partial charge in [-0.2, -0.15) is 0 Å². The van der Waals surface area contributed by atoms with Gasteiger partial charge in [0, 0.05) is 109 Å². The second-order valence-corrected chi connectivity index (χ2v) is 31.9. The molecule has 21 nitrogen and oxygen atoms in total. The van der Waals surface area contributed by atoms with Crippen LogP contribution in [0.25, 0.3) is 33.1 Å². The summed E-state index contributed by atoms with van der Waals surface area (Å²) in [5, 5.41) is 10.7. The Hall–Kier alpha value is -9.18. The number of aromatic nitrogens is 6. The van der Waals surface area contributed by atoms with Crippen molar-refractivity contribution in [3.63, 3.8) is 0 Å². The van der Waals surface area contributed by atoms with Crippen molar-refractivity contribution in [1.29, 1.82) is 0 Å². The molecule has 6 amide bonds. The Labute approximate surface area is 630 Å². The molecule has 0 saturated carbocycles. The molecule has 3 aliphatic rings. The van der Waals surface area contributed by atoms with E-state index < -0.39 is 53.2 Å². The van der Waals surface area contributed by atoms with Crippen LogP contribution in [-0.2, 0) is 47.9 Å². The number of benzene rings is 6. The second kappa shape index (κ2) is 35.7. The van der Waals surface area contributed by atoms with Gasteiger partial charge in [-0.25, -0.2) is 29.3 Å². The first kappa shape index (κ1) is 78.4. The lowest BCUT2D eigenvalue weighted by Gasteiger charge is -2.33. The minimum Gasteiger partial charge on any atom is -0.444 e. The molecule has 105 heavy (non-hydrogen) atoms. The number of amides is 6. The number of aromatic amines is 3. The number of nitrogens with one attached hydrogen (secondary N) is 6. The number of halogens is 3. The molecule has 0 aliphatic carbocycles.